The molecular weight excluding hydrogens is 793 g/mol. The van der Waals surface area contributed by atoms with Crippen molar-refractivity contribution in [3.05, 3.63) is 36.5 Å². The number of carbonyl (C=O) groups is 3. The zero-order valence-corrected chi connectivity index (χ0v) is 42.8. The number of hydrogen-bond acceptors (Lipinski definition) is 6. The first-order chi connectivity index (χ1) is 31.5. The zero-order valence-electron chi connectivity index (χ0n) is 42.8. The summed E-state index contributed by atoms with van der Waals surface area (Å²) in [5, 5.41) is 0. The largest absolute Gasteiger partial charge is 0.462 e. The monoisotopic (exact) mass is 899 g/mol. The Labute approximate surface area is 397 Å². The van der Waals surface area contributed by atoms with Crippen LogP contribution in [0.2, 0.25) is 0 Å². The van der Waals surface area contributed by atoms with E-state index in [1.54, 1.807) is 0 Å². The second kappa shape index (κ2) is 53.2. The summed E-state index contributed by atoms with van der Waals surface area (Å²) in [6, 6.07) is 0. The smallest absolute Gasteiger partial charge is 0.306 e. The Kier molecular flexibility index (Phi) is 51.3. The number of rotatable bonds is 51. The minimum atomic E-state index is -0.782. The van der Waals surface area contributed by atoms with E-state index in [0.29, 0.717) is 19.3 Å². The van der Waals surface area contributed by atoms with E-state index < -0.39 is 6.10 Å². The fourth-order valence-electron chi connectivity index (χ4n) is 8.06. The van der Waals surface area contributed by atoms with Crippen LogP contribution in [0.4, 0.5) is 0 Å². The molecule has 0 rings (SSSR count). The van der Waals surface area contributed by atoms with Crippen LogP contribution in [0.25, 0.3) is 0 Å². The van der Waals surface area contributed by atoms with Crippen molar-refractivity contribution in [2.45, 2.75) is 303 Å². The van der Waals surface area contributed by atoms with Crippen molar-refractivity contribution in [1.82, 2.24) is 0 Å². The van der Waals surface area contributed by atoms with E-state index in [1.807, 2.05) is 0 Å². The number of carbonyl (C=O) groups excluding carboxylic acids is 3. The molecule has 0 aromatic carbocycles. The normalized spacial score (nSPS) is 12.2. The molecular formula is C58H106O6. The molecule has 6 heteroatoms. The third-order valence-electron chi connectivity index (χ3n) is 12.3. The molecule has 0 spiro atoms. The van der Waals surface area contributed by atoms with Gasteiger partial charge in [0.2, 0.25) is 0 Å². The van der Waals surface area contributed by atoms with Crippen molar-refractivity contribution in [2.75, 3.05) is 13.2 Å². The first-order valence-corrected chi connectivity index (χ1v) is 28.0. The van der Waals surface area contributed by atoms with E-state index in [0.717, 1.165) is 89.9 Å². The van der Waals surface area contributed by atoms with Crippen molar-refractivity contribution >= 4 is 17.9 Å². The molecule has 1 atom stereocenters. The summed E-state index contributed by atoms with van der Waals surface area (Å²) in [6.07, 6.45) is 62.8. The lowest BCUT2D eigenvalue weighted by atomic mass is 10.1. The molecule has 0 saturated carbocycles. The third-order valence-corrected chi connectivity index (χ3v) is 12.3. The van der Waals surface area contributed by atoms with Crippen molar-refractivity contribution in [2.24, 2.45) is 0 Å². The van der Waals surface area contributed by atoms with E-state index in [9.17, 15) is 14.4 Å². The second-order valence-electron chi connectivity index (χ2n) is 18.8. The van der Waals surface area contributed by atoms with Gasteiger partial charge in [0.15, 0.2) is 6.10 Å². The molecule has 0 aliphatic heterocycles. The summed E-state index contributed by atoms with van der Waals surface area (Å²) in [5.74, 6) is -0.900. The van der Waals surface area contributed by atoms with Gasteiger partial charge in [0.1, 0.15) is 13.2 Å². The molecule has 0 aliphatic carbocycles. The van der Waals surface area contributed by atoms with Gasteiger partial charge < -0.3 is 14.2 Å². The van der Waals surface area contributed by atoms with Gasteiger partial charge in [0, 0.05) is 19.3 Å². The van der Waals surface area contributed by atoms with Crippen LogP contribution < -0.4 is 0 Å². The molecule has 0 aromatic rings. The Morgan fingerprint density at radius 1 is 0.297 bits per heavy atom. The van der Waals surface area contributed by atoms with Gasteiger partial charge in [-0.25, -0.2) is 0 Å². The molecule has 0 amide bonds. The number of hydrogen-bond donors (Lipinski definition) is 0. The first kappa shape index (κ1) is 61.6. The number of esters is 3. The van der Waals surface area contributed by atoms with E-state index in [1.165, 1.54) is 167 Å². The maximum atomic E-state index is 12.8. The maximum absolute atomic E-state index is 12.8. The topological polar surface area (TPSA) is 78.9 Å². The van der Waals surface area contributed by atoms with Crippen molar-refractivity contribution in [3.8, 4) is 0 Å². The molecule has 0 radical (unpaired) electrons. The lowest BCUT2D eigenvalue weighted by molar-refractivity contribution is -0.167. The fourth-order valence-corrected chi connectivity index (χ4v) is 8.06. The van der Waals surface area contributed by atoms with Crippen LogP contribution in [0.5, 0.6) is 0 Å². The van der Waals surface area contributed by atoms with E-state index >= 15 is 0 Å². The lowest BCUT2D eigenvalue weighted by Crippen LogP contribution is -2.30. The predicted octanol–water partition coefficient (Wildman–Crippen LogP) is 18.5. The van der Waals surface area contributed by atoms with Gasteiger partial charge in [0.05, 0.1) is 0 Å². The minimum absolute atomic E-state index is 0.0817. The van der Waals surface area contributed by atoms with E-state index in [2.05, 4.69) is 57.2 Å². The second-order valence-corrected chi connectivity index (χ2v) is 18.8. The van der Waals surface area contributed by atoms with Gasteiger partial charge in [-0.2, -0.15) is 0 Å². The predicted molar refractivity (Wildman–Crippen MR) is 275 cm³/mol. The van der Waals surface area contributed by atoms with Gasteiger partial charge in [-0.15, -0.1) is 0 Å². The van der Waals surface area contributed by atoms with Gasteiger partial charge in [-0.1, -0.05) is 224 Å². The SMILES string of the molecule is CCCC/C=C\CCCCCCC(=O)OCC(COC(=O)CCCCCCC/C=C\CCCCCCCCCCC)OC(=O)CCCCCCC/C=C\CCCCCCCCCCC. The highest BCUT2D eigenvalue weighted by Crippen LogP contribution is 2.15. The van der Waals surface area contributed by atoms with Crippen molar-refractivity contribution < 1.29 is 28.6 Å². The summed E-state index contributed by atoms with van der Waals surface area (Å²) < 4.78 is 16.8. The van der Waals surface area contributed by atoms with Crippen molar-refractivity contribution in [1.29, 1.82) is 0 Å². The van der Waals surface area contributed by atoms with Gasteiger partial charge >= 0.3 is 17.9 Å². The minimum Gasteiger partial charge on any atom is -0.462 e. The molecule has 6 nitrogen and oxygen atoms in total. The van der Waals surface area contributed by atoms with Gasteiger partial charge in [0.25, 0.3) is 0 Å². The molecule has 0 heterocycles. The standard InChI is InChI=1S/C58H106O6/c1-4-7-10-13-16-19-22-24-26-28-30-32-34-36-39-42-45-48-51-57(60)63-54-55(53-62-56(59)50-47-44-41-38-21-18-15-12-9-6-3)64-58(61)52-49-46-43-40-37-35-33-31-29-27-25-23-20-17-14-11-8-5-2/h15,18,30-33,55H,4-14,16-17,19-29,34-54H2,1-3H3/b18-15-,32-30-,33-31-. The molecule has 0 N–H and O–H groups in total. The molecule has 0 saturated heterocycles. The molecule has 0 aliphatic rings. The highest BCUT2D eigenvalue weighted by Gasteiger charge is 2.19. The zero-order chi connectivity index (χ0) is 46.5. The van der Waals surface area contributed by atoms with E-state index in [-0.39, 0.29) is 31.1 Å². The Morgan fingerprint density at radius 2 is 0.531 bits per heavy atom. The number of unbranched alkanes of at least 4 members (excludes halogenated alkanes) is 34. The Balaban J connectivity index is 4.32. The summed E-state index contributed by atoms with van der Waals surface area (Å²) in [5.41, 5.74) is 0. The van der Waals surface area contributed by atoms with E-state index in [4.69, 9.17) is 14.2 Å². The first-order valence-electron chi connectivity index (χ1n) is 28.0. The van der Waals surface area contributed by atoms with Crippen LogP contribution in [0.3, 0.4) is 0 Å². The third kappa shape index (κ3) is 50.6. The highest BCUT2D eigenvalue weighted by atomic mass is 16.6. The van der Waals surface area contributed by atoms with Gasteiger partial charge in [-0.3, -0.25) is 14.4 Å². The van der Waals surface area contributed by atoms with Crippen LogP contribution in [0, 0.1) is 0 Å². The number of ether oxygens (including phenoxy) is 3. The average molecular weight is 899 g/mol. The summed E-state index contributed by atoms with van der Waals surface area (Å²) in [4.78, 5) is 38.0. The molecule has 1 unspecified atom stereocenters. The molecule has 0 fully saturated rings. The molecule has 0 bridgehead atoms. The Morgan fingerprint density at radius 3 is 0.828 bits per heavy atom. The lowest BCUT2D eigenvalue weighted by Gasteiger charge is -2.18. The summed E-state index contributed by atoms with van der Waals surface area (Å²) in [6.45, 7) is 6.60. The quantitative estimate of drug-likeness (QED) is 0.0262. The highest BCUT2D eigenvalue weighted by molar-refractivity contribution is 5.71. The Hall–Kier alpha value is -2.37. The molecule has 374 valence electrons. The average Bonchev–Trinajstić information content (AvgIpc) is 3.29. The van der Waals surface area contributed by atoms with Crippen LogP contribution >= 0.6 is 0 Å². The van der Waals surface area contributed by atoms with Gasteiger partial charge in [-0.05, 0) is 89.9 Å². The maximum Gasteiger partial charge on any atom is 0.306 e. The summed E-state index contributed by atoms with van der Waals surface area (Å²) >= 11 is 0. The van der Waals surface area contributed by atoms with Crippen LogP contribution in [-0.4, -0.2) is 37.2 Å². The van der Waals surface area contributed by atoms with Crippen LogP contribution in [0.1, 0.15) is 297 Å². The summed E-state index contributed by atoms with van der Waals surface area (Å²) in [7, 11) is 0. The molecule has 64 heavy (non-hydrogen) atoms. The fraction of sp³-hybridized carbons (Fsp3) is 0.845. The van der Waals surface area contributed by atoms with Crippen LogP contribution in [-0.2, 0) is 28.6 Å². The Bertz CT molecular complexity index is 1080. The van der Waals surface area contributed by atoms with Crippen LogP contribution in [0.15, 0.2) is 36.5 Å². The molecule has 0 aromatic heterocycles. The number of allylic oxidation sites excluding steroid dienone is 6. The van der Waals surface area contributed by atoms with Crippen molar-refractivity contribution in [3.63, 3.8) is 0 Å².